The molecule has 2 aliphatic heterocycles. The van der Waals surface area contributed by atoms with Crippen molar-refractivity contribution in [3.8, 4) is 0 Å². The van der Waals surface area contributed by atoms with Gasteiger partial charge in [0.05, 0.1) is 5.52 Å². The number of aromatic nitrogens is 1. The largest absolute Gasteiger partial charge is 0.445 e. The van der Waals surface area contributed by atoms with Gasteiger partial charge in [-0.05, 0) is 49.3 Å². The Hall–Kier alpha value is -3.21. The minimum Gasteiger partial charge on any atom is -0.445 e. The molecule has 0 radical (unpaired) electrons. The molecule has 32 heavy (non-hydrogen) atoms. The fourth-order valence-electron chi connectivity index (χ4n) is 5.38. The van der Waals surface area contributed by atoms with E-state index in [0.717, 1.165) is 54.1 Å². The number of nitrogens with zero attached hydrogens (tertiary/aromatic N) is 2. The molecule has 2 aliphatic rings. The fourth-order valence-corrected chi connectivity index (χ4v) is 5.38. The fraction of sp³-hybridized carbons (Fsp3) is 0.370. The van der Waals surface area contributed by atoms with Crippen molar-refractivity contribution in [3.05, 3.63) is 78.0 Å². The van der Waals surface area contributed by atoms with Crippen LogP contribution in [0.3, 0.4) is 0 Å². The number of benzene rings is 2. The maximum absolute atomic E-state index is 13.3. The molecule has 5 heteroatoms. The summed E-state index contributed by atoms with van der Waals surface area (Å²) in [5, 5.41) is 1.06. The Kier molecular flexibility index (Phi) is 5.89. The number of carbonyl (C=O) groups excluding carboxylic acids is 2. The summed E-state index contributed by atoms with van der Waals surface area (Å²) >= 11 is 0. The predicted molar refractivity (Wildman–Crippen MR) is 123 cm³/mol. The minimum absolute atomic E-state index is 0.0116. The molecular formula is C27H28N2O3. The number of hydrogen-bond donors (Lipinski definition) is 0. The summed E-state index contributed by atoms with van der Waals surface area (Å²) in [7, 11) is 0. The van der Waals surface area contributed by atoms with E-state index in [4.69, 9.17) is 4.74 Å². The molecule has 5 nitrogen and oxygen atoms in total. The number of piperidine rings is 2. The third kappa shape index (κ3) is 4.24. The zero-order chi connectivity index (χ0) is 21.9. The Morgan fingerprint density at radius 2 is 1.69 bits per heavy atom. The molecular weight excluding hydrogens is 400 g/mol. The van der Waals surface area contributed by atoms with Crippen LogP contribution in [0, 0.1) is 5.92 Å². The molecule has 1 aromatic heterocycles. The first-order valence-corrected chi connectivity index (χ1v) is 11.5. The van der Waals surface area contributed by atoms with Gasteiger partial charge in [-0.3, -0.25) is 9.78 Å². The van der Waals surface area contributed by atoms with Crippen molar-refractivity contribution >= 4 is 22.8 Å². The molecule has 0 saturated carbocycles. The molecule has 1 amide bonds. The second-order valence-electron chi connectivity index (χ2n) is 8.99. The number of fused-ring (bicyclic) bond motifs is 3. The Bertz CT molecular complexity index is 1090. The molecule has 5 rings (SSSR count). The summed E-state index contributed by atoms with van der Waals surface area (Å²) in [5.41, 5.74) is 2.88. The van der Waals surface area contributed by atoms with Gasteiger partial charge in [0.25, 0.3) is 0 Å². The van der Waals surface area contributed by atoms with E-state index >= 15 is 0 Å². The normalized spacial score (nSPS) is 22.5. The Morgan fingerprint density at radius 3 is 2.47 bits per heavy atom. The van der Waals surface area contributed by atoms with Crippen LogP contribution in [0.5, 0.6) is 0 Å². The smallest absolute Gasteiger partial charge is 0.410 e. The van der Waals surface area contributed by atoms with Crippen LogP contribution in [-0.4, -0.2) is 33.8 Å². The summed E-state index contributed by atoms with van der Waals surface area (Å²) < 4.78 is 5.64. The maximum Gasteiger partial charge on any atom is 0.410 e. The van der Waals surface area contributed by atoms with Crippen LogP contribution in [0.2, 0.25) is 0 Å². The topological polar surface area (TPSA) is 59.5 Å². The lowest BCUT2D eigenvalue weighted by molar-refractivity contribution is -0.126. The number of hydrogen-bond acceptors (Lipinski definition) is 4. The summed E-state index contributed by atoms with van der Waals surface area (Å²) in [4.78, 5) is 32.6. The first-order valence-electron chi connectivity index (χ1n) is 11.5. The van der Waals surface area contributed by atoms with Gasteiger partial charge in [-0.25, -0.2) is 4.79 Å². The van der Waals surface area contributed by atoms with Crippen LogP contribution in [0.4, 0.5) is 4.79 Å². The maximum atomic E-state index is 13.3. The van der Waals surface area contributed by atoms with Crippen LogP contribution in [0.1, 0.15) is 43.2 Å². The predicted octanol–water partition coefficient (Wildman–Crippen LogP) is 5.32. The van der Waals surface area contributed by atoms with Crippen molar-refractivity contribution in [1.29, 1.82) is 0 Å². The number of ether oxygens (including phenoxy) is 1. The van der Waals surface area contributed by atoms with Gasteiger partial charge in [0, 0.05) is 36.0 Å². The molecule has 2 fully saturated rings. The molecule has 2 unspecified atom stereocenters. The van der Waals surface area contributed by atoms with Gasteiger partial charge in [0.1, 0.15) is 12.4 Å². The highest BCUT2D eigenvalue weighted by atomic mass is 16.6. The Labute approximate surface area is 188 Å². The van der Waals surface area contributed by atoms with Crippen LogP contribution < -0.4 is 0 Å². The van der Waals surface area contributed by atoms with Gasteiger partial charge in [0.15, 0.2) is 0 Å². The zero-order valence-corrected chi connectivity index (χ0v) is 18.2. The molecule has 2 saturated heterocycles. The molecule has 2 aromatic carbocycles. The van der Waals surface area contributed by atoms with Gasteiger partial charge in [-0.1, -0.05) is 54.6 Å². The number of pyridine rings is 1. The Morgan fingerprint density at radius 1 is 0.938 bits per heavy atom. The van der Waals surface area contributed by atoms with Gasteiger partial charge in [-0.2, -0.15) is 0 Å². The molecule has 2 bridgehead atoms. The standard InChI is InChI=1S/C27H28N2O3/c30-25(17-21-10-4-9-20-11-6-14-28-26(20)21)22-15-23-12-5-13-24(16-22)29(23)27(31)32-18-19-7-2-1-3-8-19/h1-4,6-11,14,22-24H,5,12-13,15-18H2. The summed E-state index contributed by atoms with van der Waals surface area (Å²) in [6.45, 7) is 0.284. The number of carbonyl (C=O) groups is 2. The van der Waals surface area contributed by atoms with E-state index in [9.17, 15) is 9.59 Å². The van der Waals surface area contributed by atoms with E-state index in [1.807, 2.05) is 65.6 Å². The molecule has 3 heterocycles. The van der Waals surface area contributed by atoms with E-state index in [1.54, 1.807) is 6.20 Å². The van der Waals surface area contributed by atoms with Crippen LogP contribution in [-0.2, 0) is 22.6 Å². The highest BCUT2D eigenvalue weighted by Crippen LogP contribution is 2.38. The van der Waals surface area contributed by atoms with Crippen molar-refractivity contribution in [2.75, 3.05) is 0 Å². The summed E-state index contributed by atoms with van der Waals surface area (Å²) in [5.74, 6) is 0.250. The quantitative estimate of drug-likeness (QED) is 0.552. The third-order valence-electron chi connectivity index (χ3n) is 6.93. The lowest BCUT2D eigenvalue weighted by Crippen LogP contribution is -2.55. The van der Waals surface area contributed by atoms with Gasteiger partial charge in [-0.15, -0.1) is 0 Å². The van der Waals surface area contributed by atoms with Crippen molar-refractivity contribution < 1.29 is 14.3 Å². The summed E-state index contributed by atoms with van der Waals surface area (Å²) in [6, 6.07) is 19.9. The van der Waals surface area contributed by atoms with E-state index in [0.29, 0.717) is 6.42 Å². The van der Waals surface area contributed by atoms with Crippen LogP contribution >= 0.6 is 0 Å². The molecule has 0 aliphatic carbocycles. The van der Waals surface area contributed by atoms with E-state index in [2.05, 4.69) is 4.98 Å². The SMILES string of the molecule is O=C(Cc1cccc2cccnc12)C1CC2CCCC(C1)N2C(=O)OCc1ccccc1. The van der Waals surface area contributed by atoms with Crippen molar-refractivity contribution in [1.82, 2.24) is 9.88 Å². The van der Waals surface area contributed by atoms with E-state index < -0.39 is 0 Å². The highest BCUT2D eigenvalue weighted by molar-refractivity contribution is 5.89. The average molecular weight is 429 g/mol. The number of ketones is 1. The molecule has 3 aromatic rings. The van der Waals surface area contributed by atoms with E-state index in [1.165, 1.54) is 0 Å². The van der Waals surface area contributed by atoms with Gasteiger partial charge >= 0.3 is 6.09 Å². The lowest BCUT2D eigenvalue weighted by Gasteiger charge is -2.47. The number of amides is 1. The van der Waals surface area contributed by atoms with Crippen molar-refractivity contribution in [2.24, 2.45) is 5.92 Å². The second-order valence-corrected chi connectivity index (χ2v) is 8.99. The first-order chi connectivity index (χ1) is 15.7. The van der Waals surface area contributed by atoms with Crippen molar-refractivity contribution in [3.63, 3.8) is 0 Å². The average Bonchev–Trinajstić information content (AvgIpc) is 2.82. The molecule has 0 spiro atoms. The van der Waals surface area contributed by atoms with Gasteiger partial charge in [0.2, 0.25) is 0 Å². The number of rotatable bonds is 5. The second kappa shape index (κ2) is 9.11. The Balaban J connectivity index is 1.25. The number of Topliss-reactive ketones (excluding diaryl/α,β-unsaturated/α-hetero) is 1. The monoisotopic (exact) mass is 428 g/mol. The summed E-state index contributed by atoms with van der Waals surface area (Å²) in [6.07, 6.45) is 6.38. The van der Waals surface area contributed by atoms with Crippen molar-refractivity contribution in [2.45, 2.75) is 57.2 Å². The van der Waals surface area contributed by atoms with E-state index in [-0.39, 0.29) is 36.5 Å². The minimum atomic E-state index is -0.243. The van der Waals surface area contributed by atoms with Crippen LogP contribution in [0.15, 0.2) is 66.9 Å². The lowest BCUT2D eigenvalue weighted by atomic mass is 9.76. The van der Waals surface area contributed by atoms with Gasteiger partial charge < -0.3 is 9.64 Å². The van der Waals surface area contributed by atoms with Crippen LogP contribution in [0.25, 0.3) is 10.9 Å². The first kappa shape index (κ1) is 20.7. The highest BCUT2D eigenvalue weighted by Gasteiger charge is 2.43. The molecule has 164 valence electrons. The molecule has 0 N–H and O–H groups in total. The molecule has 2 atom stereocenters. The zero-order valence-electron chi connectivity index (χ0n) is 18.2. The third-order valence-corrected chi connectivity index (χ3v) is 6.93. The number of para-hydroxylation sites is 1.